The van der Waals surface area contributed by atoms with E-state index in [0.29, 0.717) is 22.8 Å². The number of hydrogen-bond acceptors (Lipinski definition) is 3. The van der Waals surface area contributed by atoms with Crippen LogP contribution in [0.1, 0.15) is 23.2 Å². The topological polar surface area (TPSA) is 70.9 Å². The van der Waals surface area contributed by atoms with Crippen molar-refractivity contribution in [3.05, 3.63) is 65.2 Å². The van der Waals surface area contributed by atoms with E-state index in [1.165, 1.54) is 0 Å². The maximum atomic E-state index is 12.3. The van der Waals surface area contributed by atoms with Gasteiger partial charge in [0.2, 0.25) is 0 Å². The molecule has 0 spiro atoms. The molecule has 3 aromatic rings. The average molecular weight is 330 g/mol. The van der Waals surface area contributed by atoms with Crippen LogP contribution in [0, 0.1) is 0 Å². The molecular weight excluding hydrogens is 314 g/mol. The molecule has 0 aliphatic rings. The molecule has 1 amide bonds. The Morgan fingerprint density at radius 2 is 2.22 bits per heavy atom. The summed E-state index contributed by atoms with van der Waals surface area (Å²) in [6, 6.07) is 12.7. The molecule has 2 N–H and O–H groups in total. The average Bonchev–Trinajstić information content (AvgIpc) is 3.18. The second-order valence-electron chi connectivity index (χ2n) is 5.34. The number of rotatable bonds is 5. The molecule has 0 saturated heterocycles. The molecule has 2 heterocycles. The SMILES string of the molecule is CC(Cc1ccco1)NC(=O)c1cc(-c2cccc(Cl)c2)n[nH]1. The molecule has 0 aliphatic heterocycles. The van der Waals surface area contributed by atoms with Crippen LogP contribution in [-0.4, -0.2) is 22.1 Å². The number of furan rings is 1. The zero-order valence-corrected chi connectivity index (χ0v) is 13.3. The molecule has 0 fully saturated rings. The summed E-state index contributed by atoms with van der Waals surface area (Å²) in [7, 11) is 0. The number of hydrogen-bond donors (Lipinski definition) is 2. The summed E-state index contributed by atoms with van der Waals surface area (Å²) in [4.78, 5) is 12.3. The lowest BCUT2D eigenvalue weighted by Gasteiger charge is -2.11. The number of aromatic amines is 1. The number of nitrogens with zero attached hydrogens (tertiary/aromatic N) is 1. The molecule has 0 bridgehead atoms. The van der Waals surface area contributed by atoms with Gasteiger partial charge in [-0.25, -0.2) is 0 Å². The van der Waals surface area contributed by atoms with E-state index in [1.807, 2.05) is 31.2 Å². The van der Waals surface area contributed by atoms with E-state index in [4.69, 9.17) is 16.0 Å². The Kier molecular flexibility index (Phi) is 4.48. The minimum absolute atomic E-state index is 0.0495. The number of benzene rings is 1. The van der Waals surface area contributed by atoms with Crippen LogP contribution in [0.5, 0.6) is 0 Å². The van der Waals surface area contributed by atoms with Crippen molar-refractivity contribution in [3.8, 4) is 11.3 Å². The second-order valence-corrected chi connectivity index (χ2v) is 5.77. The lowest BCUT2D eigenvalue weighted by molar-refractivity contribution is 0.0934. The van der Waals surface area contributed by atoms with E-state index in [-0.39, 0.29) is 11.9 Å². The highest BCUT2D eigenvalue weighted by atomic mass is 35.5. The summed E-state index contributed by atoms with van der Waals surface area (Å²) < 4.78 is 5.28. The van der Waals surface area contributed by atoms with Crippen molar-refractivity contribution < 1.29 is 9.21 Å². The maximum Gasteiger partial charge on any atom is 0.269 e. The highest BCUT2D eigenvalue weighted by molar-refractivity contribution is 6.30. The first kappa shape index (κ1) is 15.4. The van der Waals surface area contributed by atoms with E-state index in [0.717, 1.165) is 11.3 Å². The van der Waals surface area contributed by atoms with Crippen molar-refractivity contribution in [2.45, 2.75) is 19.4 Å². The van der Waals surface area contributed by atoms with Gasteiger partial charge in [0, 0.05) is 23.0 Å². The number of carbonyl (C=O) groups excluding carboxylic acids is 1. The number of halogens is 1. The van der Waals surface area contributed by atoms with Crippen LogP contribution in [0.2, 0.25) is 5.02 Å². The van der Waals surface area contributed by atoms with Crippen molar-refractivity contribution in [1.82, 2.24) is 15.5 Å². The zero-order chi connectivity index (χ0) is 16.2. The summed E-state index contributed by atoms with van der Waals surface area (Å²) in [5, 5.41) is 10.5. The summed E-state index contributed by atoms with van der Waals surface area (Å²) >= 11 is 5.97. The molecule has 1 unspecified atom stereocenters. The van der Waals surface area contributed by atoms with Crippen molar-refractivity contribution >= 4 is 17.5 Å². The van der Waals surface area contributed by atoms with Gasteiger partial charge in [-0.3, -0.25) is 9.89 Å². The van der Waals surface area contributed by atoms with Crippen molar-refractivity contribution in [1.29, 1.82) is 0 Å². The number of amides is 1. The summed E-state index contributed by atoms with van der Waals surface area (Å²) in [5.41, 5.74) is 1.94. The van der Waals surface area contributed by atoms with Crippen molar-refractivity contribution in [2.24, 2.45) is 0 Å². The van der Waals surface area contributed by atoms with E-state index in [2.05, 4.69) is 15.5 Å². The van der Waals surface area contributed by atoms with Crippen LogP contribution in [0.25, 0.3) is 11.3 Å². The van der Waals surface area contributed by atoms with Gasteiger partial charge in [-0.15, -0.1) is 0 Å². The highest BCUT2D eigenvalue weighted by Crippen LogP contribution is 2.21. The van der Waals surface area contributed by atoms with E-state index >= 15 is 0 Å². The van der Waals surface area contributed by atoms with Crippen molar-refractivity contribution in [2.75, 3.05) is 0 Å². The fourth-order valence-corrected chi connectivity index (χ4v) is 2.51. The summed E-state index contributed by atoms with van der Waals surface area (Å²) in [6.07, 6.45) is 2.25. The lowest BCUT2D eigenvalue weighted by atomic mass is 10.1. The first-order valence-electron chi connectivity index (χ1n) is 7.26. The summed E-state index contributed by atoms with van der Waals surface area (Å²) in [5.74, 6) is 0.631. The molecule has 5 nitrogen and oxygen atoms in total. The Labute approximate surface area is 138 Å². The number of nitrogens with one attached hydrogen (secondary N) is 2. The molecule has 0 aliphatic carbocycles. The Hall–Kier alpha value is -2.53. The third kappa shape index (κ3) is 3.81. The smallest absolute Gasteiger partial charge is 0.269 e. The van der Waals surface area contributed by atoms with Crippen LogP contribution in [-0.2, 0) is 6.42 Å². The van der Waals surface area contributed by atoms with Crippen LogP contribution >= 0.6 is 11.6 Å². The molecule has 6 heteroatoms. The van der Waals surface area contributed by atoms with Gasteiger partial charge in [-0.05, 0) is 37.3 Å². The van der Waals surface area contributed by atoms with Gasteiger partial charge >= 0.3 is 0 Å². The minimum Gasteiger partial charge on any atom is -0.469 e. The Morgan fingerprint density at radius 1 is 1.35 bits per heavy atom. The number of aromatic nitrogens is 2. The molecule has 23 heavy (non-hydrogen) atoms. The quantitative estimate of drug-likeness (QED) is 0.750. The second kappa shape index (κ2) is 6.71. The van der Waals surface area contributed by atoms with E-state index in [1.54, 1.807) is 24.5 Å². The van der Waals surface area contributed by atoms with Crippen LogP contribution < -0.4 is 5.32 Å². The molecule has 0 radical (unpaired) electrons. The first-order valence-corrected chi connectivity index (χ1v) is 7.64. The molecule has 2 aromatic heterocycles. The molecular formula is C17H16ClN3O2. The lowest BCUT2D eigenvalue weighted by Crippen LogP contribution is -2.34. The van der Waals surface area contributed by atoms with E-state index in [9.17, 15) is 4.79 Å². The van der Waals surface area contributed by atoms with Gasteiger partial charge < -0.3 is 9.73 Å². The van der Waals surface area contributed by atoms with Gasteiger partial charge in [-0.1, -0.05) is 23.7 Å². The number of carbonyl (C=O) groups is 1. The molecule has 1 aromatic carbocycles. The third-order valence-electron chi connectivity index (χ3n) is 3.41. The van der Waals surface area contributed by atoms with Gasteiger partial charge in [-0.2, -0.15) is 5.10 Å². The maximum absolute atomic E-state index is 12.3. The first-order chi connectivity index (χ1) is 11.1. The van der Waals surface area contributed by atoms with E-state index < -0.39 is 0 Å². The monoisotopic (exact) mass is 329 g/mol. The fourth-order valence-electron chi connectivity index (χ4n) is 2.32. The molecule has 1 atom stereocenters. The Bertz CT molecular complexity index is 796. The van der Waals surface area contributed by atoms with Gasteiger partial charge in [0.1, 0.15) is 11.5 Å². The van der Waals surface area contributed by atoms with Crippen LogP contribution in [0.15, 0.2) is 53.1 Å². The van der Waals surface area contributed by atoms with Crippen molar-refractivity contribution in [3.63, 3.8) is 0 Å². The van der Waals surface area contributed by atoms with Crippen LogP contribution in [0.3, 0.4) is 0 Å². The zero-order valence-electron chi connectivity index (χ0n) is 12.5. The van der Waals surface area contributed by atoms with Gasteiger partial charge in [0.05, 0.1) is 12.0 Å². The Morgan fingerprint density at radius 3 is 2.96 bits per heavy atom. The predicted octanol–water partition coefficient (Wildman–Crippen LogP) is 3.68. The highest BCUT2D eigenvalue weighted by Gasteiger charge is 2.14. The third-order valence-corrected chi connectivity index (χ3v) is 3.64. The largest absolute Gasteiger partial charge is 0.469 e. The Balaban J connectivity index is 1.66. The molecule has 0 saturated carbocycles. The minimum atomic E-state index is -0.204. The van der Waals surface area contributed by atoms with Gasteiger partial charge in [0.25, 0.3) is 5.91 Å². The van der Waals surface area contributed by atoms with Gasteiger partial charge in [0.15, 0.2) is 0 Å². The standard InChI is InChI=1S/C17H16ClN3O2/c1-11(8-14-6-3-7-23-14)19-17(22)16-10-15(20-21-16)12-4-2-5-13(18)9-12/h2-7,9-11H,8H2,1H3,(H,19,22)(H,20,21). The number of H-pyrrole nitrogens is 1. The normalized spacial score (nSPS) is 12.1. The molecule has 118 valence electrons. The fraction of sp³-hybridized carbons (Fsp3) is 0.176. The predicted molar refractivity (Wildman–Crippen MR) is 88.4 cm³/mol. The molecule has 3 rings (SSSR count). The van der Waals surface area contributed by atoms with Crippen LogP contribution in [0.4, 0.5) is 0 Å². The summed E-state index contributed by atoms with van der Waals surface area (Å²) in [6.45, 7) is 1.93.